The van der Waals surface area contributed by atoms with Crippen LogP contribution in [0.1, 0.15) is 5.56 Å². The second-order valence-corrected chi connectivity index (χ2v) is 4.56. The van der Waals surface area contributed by atoms with Gasteiger partial charge in [0.2, 0.25) is 0 Å². The van der Waals surface area contributed by atoms with Gasteiger partial charge in [-0.15, -0.1) is 6.42 Å². The number of hydrogen-bond donors (Lipinski definition) is 2. The fraction of sp³-hybridized carbons (Fsp3) is 0.235. The highest BCUT2D eigenvalue weighted by Gasteiger charge is 2.09. The van der Waals surface area contributed by atoms with E-state index in [-0.39, 0.29) is 19.1 Å². The Labute approximate surface area is 124 Å². The van der Waals surface area contributed by atoms with Crippen LogP contribution in [0.15, 0.2) is 36.4 Å². The van der Waals surface area contributed by atoms with Gasteiger partial charge in [-0.25, -0.2) is 0 Å². The normalized spacial score (nSPS) is 10.1. The number of carbonyl (C=O) groups is 1. The molecule has 0 saturated carbocycles. The van der Waals surface area contributed by atoms with Crippen molar-refractivity contribution in [1.29, 1.82) is 0 Å². The van der Waals surface area contributed by atoms with E-state index in [0.29, 0.717) is 12.3 Å². The van der Waals surface area contributed by atoms with E-state index in [0.717, 1.165) is 16.3 Å². The van der Waals surface area contributed by atoms with Crippen LogP contribution in [0.2, 0.25) is 0 Å². The van der Waals surface area contributed by atoms with E-state index in [1.54, 1.807) is 0 Å². The summed E-state index contributed by atoms with van der Waals surface area (Å²) < 4.78 is 5.64. The minimum atomic E-state index is -0.225. The van der Waals surface area contributed by atoms with Crippen LogP contribution in [0.25, 0.3) is 10.8 Å². The predicted molar refractivity (Wildman–Crippen MR) is 84.0 cm³/mol. The number of rotatable bonds is 6. The van der Waals surface area contributed by atoms with Crippen molar-refractivity contribution in [2.45, 2.75) is 6.54 Å². The van der Waals surface area contributed by atoms with E-state index in [1.807, 2.05) is 37.4 Å². The molecule has 0 aliphatic heterocycles. The Morgan fingerprint density at radius 2 is 2.10 bits per heavy atom. The summed E-state index contributed by atoms with van der Waals surface area (Å²) in [5.41, 5.74) is 1.04. The van der Waals surface area contributed by atoms with Gasteiger partial charge in [0.15, 0.2) is 6.61 Å². The van der Waals surface area contributed by atoms with Gasteiger partial charge in [-0.1, -0.05) is 36.3 Å². The molecule has 0 fully saturated rings. The van der Waals surface area contributed by atoms with Crippen LogP contribution in [0.3, 0.4) is 0 Å². The zero-order valence-corrected chi connectivity index (χ0v) is 12.0. The third-order valence-corrected chi connectivity index (χ3v) is 3.10. The molecule has 1 amide bonds. The third-order valence-electron chi connectivity index (χ3n) is 3.10. The molecule has 0 aliphatic carbocycles. The summed E-state index contributed by atoms with van der Waals surface area (Å²) in [5, 5.41) is 7.97. The lowest BCUT2D eigenvalue weighted by atomic mass is 10.0. The van der Waals surface area contributed by atoms with Crippen LogP contribution in [0.4, 0.5) is 0 Å². The molecule has 0 bridgehead atoms. The number of ether oxygens (including phenoxy) is 1. The molecule has 0 radical (unpaired) electrons. The number of amides is 1. The smallest absolute Gasteiger partial charge is 0.258 e. The topological polar surface area (TPSA) is 50.4 Å². The summed E-state index contributed by atoms with van der Waals surface area (Å²) in [5.74, 6) is 2.84. The molecule has 21 heavy (non-hydrogen) atoms. The second-order valence-electron chi connectivity index (χ2n) is 4.56. The number of benzene rings is 2. The molecule has 0 unspecified atom stereocenters. The van der Waals surface area contributed by atoms with Crippen LogP contribution < -0.4 is 15.4 Å². The van der Waals surface area contributed by atoms with Crippen LogP contribution >= 0.6 is 0 Å². The molecule has 2 aromatic carbocycles. The maximum absolute atomic E-state index is 11.6. The first kappa shape index (κ1) is 14.9. The van der Waals surface area contributed by atoms with Crippen molar-refractivity contribution in [2.75, 3.05) is 20.2 Å². The lowest BCUT2D eigenvalue weighted by Gasteiger charge is -2.14. The van der Waals surface area contributed by atoms with Gasteiger partial charge in [-0.05, 0) is 23.9 Å². The number of fused-ring (bicyclic) bond motifs is 1. The minimum absolute atomic E-state index is 0.0449. The van der Waals surface area contributed by atoms with Crippen molar-refractivity contribution in [3.63, 3.8) is 0 Å². The molecule has 0 saturated heterocycles. The first-order valence-electron chi connectivity index (χ1n) is 6.74. The second kappa shape index (κ2) is 7.32. The molecule has 2 rings (SSSR count). The highest BCUT2D eigenvalue weighted by atomic mass is 16.5. The van der Waals surface area contributed by atoms with Crippen molar-refractivity contribution >= 4 is 16.7 Å². The number of carbonyl (C=O) groups excluding carboxylic acids is 1. The van der Waals surface area contributed by atoms with Gasteiger partial charge in [-0.2, -0.15) is 0 Å². The lowest BCUT2D eigenvalue weighted by molar-refractivity contribution is -0.122. The average molecular weight is 282 g/mol. The van der Waals surface area contributed by atoms with Crippen LogP contribution in [0.5, 0.6) is 5.75 Å². The Kier molecular flexibility index (Phi) is 5.19. The van der Waals surface area contributed by atoms with Gasteiger partial charge in [0, 0.05) is 12.1 Å². The van der Waals surface area contributed by atoms with Crippen molar-refractivity contribution in [2.24, 2.45) is 0 Å². The van der Waals surface area contributed by atoms with E-state index >= 15 is 0 Å². The quantitative estimate of drug-likeness (QED) is 0.793. The lowest BCUT2D eigenvalue weighted by Crippen LogP contribution is -2.29. The summed E-state index contributed by atoms with van der Waals surface area (Å²) >= 11 is 0. The standard InChI is InChI=1S/C17H18N2O2/c1-3-10-19-17(20)12-21-16-9-8-13-6-4-5-7-14(13)15(16)11-18-2/h1,4-9,18H,10-12H2,2H3,(H,19,20). The molecule has 4 heteroatoms. The Morgan fingerprint density at radius 3 is 2.86 bits per heavy atom. The largest absolute Gasteiger partial charge is 0.483 e. The van der Waals surface area contributed by atoms with E-state index in [2.05, 4.69) is 22.6 Å². The van der Waals surface area contributed by atoms with Crippen LogP contribution in [-0.4, -0.2) is 26.1 Å². The Balaban J connectivity index is 2.21. The van der Waals surface area contributed by atoms with Crippen molar-refractivity contribution in [1.82, 2.24) is 10.6 Å². The minimum Gasteiger partial charge on any atom is -0.483 e. The van der Waals surface area contributed by atoms with Gasteiger partial charge in [0.25, 0.3) is 5.91 Å². The van der Waals surface area contributed by atoms with Crippen LogP contribution in [-0.2, 0) is 11.3 Å². The number of nitrogens with one attached hydrogen (secondary N) is 2. The zero-order chi connectivity index (χ0) is 15.1. The first-order chi connectivity index (χ1) is 10.3. The van der Waals surface area contributed by atoms with Gasteiger partial charge in [0.05, 0.1) is 6.54 Å². The molecule has 108 valence electrons. The van der Waals surface area contributed by atoms with Crippen molar-refractivity contribution < 1.29 is 9.53 Å². The zero-order valence-electron chi connectivity index (χ0n) is 12.0. The summed E-state index contributed by atoms with van der Waals surface area (Å²) in [6.07, 6.45) is 5.10. The van der Waals surface area contributed by atoms with Crippen molar-refractivity contribution in [3.8, 4) is 18.1 Å². The number of terminal acetylenes is 1. The monoisotopic (exact) mass is 282 g/mol. The highest BCUT2D eigenvalue weighted by molar-refractivity contribution is 5.88. The number of hydrogen-bond acceptors (Lipinski definition) is 3. The Hall–Kier alpha value is -2.51. The summed E-state index contributed by atoms with van der Waals surface area (Å²) in [7, 11) is 1.88. The maximum Gasteiger partial charge on any atom is 0.258 e. The first-order valence-corrected chi connectivity index (χ1v) is 6.74. The molecule has 0 spiro atoms. The van der Waals surface area contributed by atoms with Gasteiger partial charge >= 0.3 is 0 Å². The highest BCUT2D eigenvalue weighted by Crippen LogP contribution is 2.28. The average Bonchev–Trinajstić information content (AvgIpc) is 2.52. The molecule has 4 nitrogen and oxygen atoms in total. The SMILES string of the molecule is C#CCNC(=O)COc1ccc2ccccc2c1CNC. The molecule has 0 heterocycles. The van der Waals surface area contributed by atoms with E-state index < -0.39 is 0 Å². The summed E-state index contributed by atoms with van der Waals surface area (Å²) in [6, 6.07) is 12.0. The third kappa shape index (κ3) is 3.74. The molecular weight excluding hydrogens is 264 g/mol. The fourth-order valence-corrected chi connectivity index (χ4v) is 2.15. The summed E-state index contributed by atoms with van der Waals surface area (Å²) in [6.45, 7) is 0.836. The molecule has 2 aromatic rings. The van der Waals surface area contributed by atoms with E-state index in [9.17, 15) is 4.79 Å². The van der Waals surface area contributed by atoms with Crippen LogP contribution in [0, 0.1) is 12.3 Å². The molecule has 0 atom stereocenters. The van der Waals surface area contributed by atoms with Gasteiger partial charge in [-0.3, -0.25) is 4.79 Å². The van der Waals surface area contributed by atoms with Crippen molar-refractivity contribution in [3.05, 3.63) is 42.0 Å². The van der Waals surface area contributed by atoms with E-state index in [4.69, 9.17) is 11.2 Å². The van der Waals surface area contributed by atoms with Gasteiger partial charge in [0.1, 0.15) is 5.75 Å². The molecule has 0 aliphatic rings. The summed E-state index contributed by atoms with van der Waals surface area (Å²) in [4.78, 5) is 11.6. The maximum atomic E-state index is 11.6. The molecule has 2 N–H and O–H groups in total. The molecule has 0 aromatic heterocycles. The Bertz CT molecular complexity index is 674. The molecular formula is C17H18N2O2. The Morgan fingerprint density at radius 1 is 1.29 bits per heavy atom. The van der Waals surface area contributed by atoms with E-state index in [1.165, 1.54) is 0 Å². The fourth-order valence-electron chi connectivity index (χ4n) is 2.15. The predicted octanol–water partition coefficient (Wildman–Crippen LogP) is 1.69. The van der Waals surface area contributed by atoms with Gasteiger partial charge < -0.3 is 15.4 Å².